The monoisotopic (exact) mass is 232 g/mol. The molecule has 2 aromatic rings. The normalized spacial score (nSPS) is 11.0. The van der Waals surface area contributed by atoms with Crippen LogP contribution < -0.4 is 0 Å². The molecule has 0 bridgehead atoms. The smallest absolute Gasteiger partial charge is 0.182 e. The van der Waals surface area contributed by atoms with Gasteiger partial charge in [-0.3, -0.25) is 4.57 Å². The van der Waals surface area contributed by atoms with E-state index in [1.165, 1.54) is 11.3 Å². The van der Waals surface area contributed by atoms with Gasteiger partial charge in [0.25, 0.3) is 0 Å². The lowest BCUT2D eigenvalue weighted by Crippen LogP contribution is -2.01. The molecule has 0 radical (unpaired) electrons. The van der Waals surface area contributed by atoms with E-state index in [2.05, 4.69) is 54.6 Å². The third-order valence-corrected chi connectivity index (χ3v) is 2.99. The second-order valence-corrected chi connectivity index (χ2v) is 4.73. The molecule has 0 aliphatic carbocycles. The Labute approximate surface area is 101 Å². The van der Waals surface area contributed by atoms with E-state index >= 15 is 0 Å². The minimum Gasteiger partial charge on any atom is -0.337 e. The number of nitrogens with one attached hydrogen (secondary N) is 1. The minimum absolute atomic E-state index is 0.453. The number of hydrogen-bond donors (Lipinski definition) is 1. The summed E-state index contributed by atoms with van der Waals surface area (Å²) >= 11 is 5.31. The zero-order chi connectivity index (χ0) is 11.7. The molecule has 0 amide bonds. The topological polar surface area (TPSA) is 20.7 Å². The fraction of sp³-hybridized carbons (Fsp3) is 0.308. The molecule has 0 unspecified atom stereocenters. The van der Waals surface area contributed by atoms with Crippen molar-refractivity contribution in [3.05, 3.63) is 46.5 Å². The first kappa shape index (κ1) is 11.1. The van der Waals surface area contributed by atoms with Crippen LogP contribution in [0.4, 0.5) is 0 Å². The van der Waals surface area contributed by atoms with Gasteiger partial charge in [0.15, 0.2) is 4.77 Å². The van der Waals surface area contributed by atoms with Crippen LogP contribution in [0.2, 0.25) is 0 Å². The number of imidazole rings is 1. The van der Waals surface area contributed by atoms with E-state index < -0.39 is 0 Å². The molecule has 0 spiro atoms. The van der Waals surface area contributed by atoms with Crippen molar-refractivity contribution in [3.63, 3.8) is 0 Å². The second kappa shape index (κ2) is 4.26. The summed E-state index contributed by atoms with van der Waals surface area (Å²) in [6.45, 7) is 6.43. The fourth-order valence-electron chi connectivity index (χ4n) is 1.77. The summed E-state index contributed by atoms with van der Waals surface area (Å²) in [7, 11) is 0. The highest BCUT2D eigenvalue weighted by Gasteiger charge is 2.09. The SMILES string of the molecule is Cc1ccc(-n2c(C(C)C)c[nH]c2=S)cc1. The fourth-order valence-corrected chi connectivity index (χ4v) is 2.04. The van der Waals surface area contributed by atoms with Crippen LogP contribution in [0, 0.1) is 11.7 Å². The van der Waals surface area contributed by atoms with Gasteiger partial charge in [-0.2, -0.15) is 0 Å². The number of aromatic amines is 1. The second-order valence-electron chi connectivity index (χ2n) is 4.34. The van der Waals surface area contributed by atoms with Gasteiger partial charge in [0.05, 0.1) is 0 Å². The molecule has 2 nitrogen and oxygen atoms in total. The van der Waals surface area contributed by atoms with Crippen molar-refractivity contribution in [2.75, 3.05) is 0 Å². The maximum atomic E-state index is 5.31. The quantitative estimate of drug-likeness (QED) is 0.777. The van der Waals surface area contributed by atoms with Crippen LogP contribution in [-0.2, 0) is 0 Å². The average Bonchev–Trinajstić information content (AvgIpc) is 2.62. The Morgan fingerprint density at radius 3 is 2.38 bits per heavy atom. The van der Waals surface area contributed by atoms with E-state index in [9.17, 15) is 0 Å². The maximum Gasteiger partial charge on any atom is 0.182 e. The maximum absolute atomic E-state index is 5.31. The summed E-state index contributed by atoms with van der Waals surface area (Å²) in [4.78, 5) is 3.11. The average molecular weight is 232 g/mol. The van der Waals surface area contributed by atoms with Crippen LogP contribution in [0.25, 0.3) is 5.69 Å². The lowest BCUT2D eigenvalue weighted by Gasteiger charge is -2.11. The molecule has 0 saturated heterocycles. The molecule has 0 atom stereocenters. The van der Waals surface area contributed by atoms with Crippen molar-refractivity contribution in [1.29, 1.82) is 0 Å². The van der Waals surface area contributed by atoms with E-state index in [1.807, 2.05) is 6.20 Å². The van der Waals surface area contributed by atoms with Gasteiger partial charge in [-0.1, -0.05) is 31.5 Å². The van der Waals surface area contributed by atoms with E-state index in [0.29, 0.717) is 5.92 Å². The number of aryl methyl sites for hydroxylation is 1. The highest BCUT2D eigenvalue weighted by molar-refractivity contribution is 7.71. The molecule has 3 heteroatoms. The van der Waals surface area contributed by atoms with E-state index in [-0.39, 0.29) is 0 Å². The van der Waals surface area contributed by atoms with Crippen molar-refractivity contribution < 1.29 is 0 Å². The summed E-state index contributed by atoms with van der Waals surface area (Å²) in [6.07, 6.45) is 1.99. The molecule has 2 rings (SSSR count). The van der Waals surface area contributed by atoms with Crippen LogP contribution >= 0.6 is 12.2 Å². The minimum atomic E-state index is 0.453. The zero-order valence-corrected chi connectivity index (χ0v) is 10.6. The highest BCUT2D eigenvalue weighted by atomic mass is 32.1. The van der Waals surface area contributed by atoms with Gasteiger partial charge < -0.3 is 4.98 Å². The first-order valence-corrected chi connectivity index (χ1v) is 5.88. The Morgan fingerprint density at radius 1 is 1.19 bits per heavy atom. The van der Waals surface area contributed by atoms with Gasteiger partial charge in [-0.25, -0.2) is 0 Å². The van der Waals surface area contributed by atoms with Gasteiger partial charge in [0.1, 0.15) is 0 Å². The van der Waals surface area contributed by atoms with Gasteiger partial charge in [-0.15, -0.1) is 0 Å². The molecule has 1 aromatic heterocycles. The molecular formula is C13H16N2S. The van der Waals surface area contributed by atoms with E-state index in [0.717, 1.165) is 10.5 Å². The Morgan fingerprint density at radius 2 is 1.81 bits per heavy atom. The van der Waals surface area contributed by atoms with E-state index in [1.54, 1.807) is 0 Å². The molecule has 1 N–H and O–H groups in total. The molecule has 1 aromatic carbocycles. The van der Waals surface area contributed by atoms with Crippen molar-refractivity contribution in [2.45, 2.75) is 26.7 Å². The Balaban J connectivity index is 2.59. The standard InChI is InChI=1S/C13H16N2S/c1-9(2)12-8-14-13(16)15(12)11-6-4-10(3)5-7-11/h4-9H,1-3H3,(H,14,16). The number of aromatic nitrogens is 2. The Kier molecular flexibility index (Phi) is 2.97. The van der Waals surface area contributed by atoms with Crippen molar-refractivity contribution >= 4 is 12.2 Å². The number of benzene rings is 1. The summed E-state index contributed by atoms with van der Waals surface area (Å²) in [5.74, 6) is 0.453. The van der Waals surface area contributed by atoms with Crippen molar-refractivity contribution in [3.8, 4) is 5.69 Å². The molecule has 0 aliphatic heterocycles. The van der Waals surface area contributed by atoms with Gasteiger partial charge >= 0.3 is 0 Å². The van der Waals surface area contributed by atoms with Gasteiger partial charge in [0, 0.05) is 17.6 Å². The zero-order valence-electron chi connectivity index (χ0n) is 9.82. The van der Waals surface area contributed by atoms with Gasteiger partial charge in [0.2, 0.25) is 0 Å². The highest BCUT2D eigenvalue weighted by Crippen LogP contribution is 2.20. The molecular weight excluding hydrogens is 216 g/mol. The largest absolute Gasteiger partial charge is 0.337 e. The lowest BCUT2D eigenvalue weighted by molar-refractivity contribution is 0.783. The molecule has 84 valence electrons. The van der Waals surface area contributed by atoms with E-state index in [4.69, 9.17) is 12.2 Å². The summed E-state index contributed by atoms with van der Waals surface area (Å²) in [5.41, 5.74) is 3.60. The summed E-state index contributed by atoms with van der Waals surface area (Å²) < 4.78 is 2.85. The Hall–Kier alpha value is -1.35. The lowest BCUT2D eigenvalue weighted by atomic mass is 10.1. The number of rotatable bonds is 2. The number of H-pyrrole nitrogens is 1. The van der Waals surface area contributed by atoms with Crippen LogP contribution in [0.5, 0.6) is 0 Å². The summed E-state index contributed by atoms with van der Waals surface area (Å²) in [6, 6.07) is 8.41. The molecule has 0 aliphatic rings. The molecule has 1 heterocycles. The van der Waals surface area contributed by atoms with Crippen molar-refractivity contribution in [2.24, 2.45) is 0 Å². The van der Waals surface area contributed by atoms with Crippen molar-refractivity contribution in [1.82, 2.24) is 9.55 Å². The molecule has 0 saturated carbocycles. The number of hydrogen-bond acceptors (Lipinski definition) is 1. The molecule has 0 fully saturated rings. The Bertz CT molecular complexity index is 532. The van der Waals surface area contributed by atoms with Crippen LogP contribution in [0.3, 0.4) is 0 Å². The first-order valence-electron chi connectivity index (χ1n) is 5.47. The van der Waals surface area contributed by atoms with Crippen LogP contribution in [-0.4, -0.2) is 9.55 Å². The predicted octanol–water partition coefficient (Wildman–Crippen LogP) is 3.97. The molecule has 16 heavy (non-hydrogen) atoms. The van der Waals surface area contributed by atoms with Gasteiger partial charge in [-0.05, 0) is 37.2 Å². The predicted molar refractivity (Wildman–Crippen MR) is 69.8 cm³/mol. The first-order chi connectivity index (χ1) is 7.59. The number of nitrogens with zero attached hydrogens (tertiary/aromatic N) is 1. The van der Waals surface area contributed by atoms with Crippen LogP contribution in [0.1, 0.15) is 31.0 Å². The summed E-state index contributed by atoms with van der Waals surface area (Å²) in [5, 5.41) is 0. The third kappa shape index (κ3) is 1.95. The third-order valence-electron chi connectivity index (χ3n) is 2.69. The van der Waals surface area contributed by atoms with Crippen LogP contribution in [0.15, 0.2) is 30.5 Å².